The molecule has 0 spiro atoms. The molecule has 0 aliphatic rings. The lowest BCUT2D eigenvalue weighted by molar-refractivity contribution is 0.0726. The molecule has 1 aromatic carbocycles. The van der Waals surface area contributed by atoms with Crippen LogP contribution in [0.3, 0.4) is 0 Å². The third kappa shape index (κ3) is 2.25. The minimum atomic E-state index is -0.387. The van der Waals surface area contributed by atoms with Crippen LogP contribution >= 0.6 is 0 Å². The molecular formula is C13H11NO2. The van der Waals surface area contributed by atoms with Gasteiger partial charge in [-0.15, -0.1) is 0 Å². The Kier molecular flexibility index (Phi) is 2.96. The number of ether oxygens (including phenoxy) is 1. The van der Waals surface area contributed by atoms with Gasteiger partial charge in [-0.3, -0.25) is 0 Å². The fourth-order valence-electron chi connectivity index (χ4n) is 1.30. The minimum Gasteiger partial charge on any atom is -0.404 e. The molecular weight excluding hydrogens is 202 g/mol. The van der Waals surface area contributed by atoms with Crippen LogP contribution in [0.2, 0.25) is 0 Å². The van der Waals surface area contributed by atoms with E-state index >= 15 is 0 Å². The number of hydrogen-bond acceptors (Lipinski definition) is 3. The van der Waals surface area contributed by atoms with Crippen LogP contribution in [0.25, 0.3) is 0 Å². The monoisotopic (exact) mass is 213 g/mol. The van der Waals surface area contributed by atoms with Crippen LogP contribution in [0.5, 0.6) is 5.88 Å². The van der Waals surface area contributed by atoms with Crippen molar-refractivity contribution in [3.05, 3.63) is 59.8 Å². The Morgan fingerprint density at radius 3 is 2.56 bits per heavy atom. The normalized spacial score (nSPS) is 9.81. The molecule has 16 heavy (non-hydrogen) atoms. The zero-order chi connectivity index (χ0) is 11.4. The van der Waals surface area contributed by atoms with Crippen molar-refractivity contribution in [1.82, 2.24) is 4.98 Å². The van der Waals surface area contributed by atoms with Crippen LogP contribution in [0.4, 0.5) is 0 Å². The second-order valence-corrected chi connectivity index (χ2v) is 3.38. The lowest BCUT2D eigenvalue weighted by Gasteiger charge is -2.05. The maximum Gasteiger partial charge on any atom is 0.344 e. The van der Waals surface area contributed by atoms with Crippen LogP contribution in [-0.2, 0) is 0 Å². The highest BCUT2D eigenvalue weighted by Gasteiger charge is 2.09. The number of carbonyl (C=O) groups excluding carboxylic acids is 1. The molecule has 80 valence electrons. The molecule has 0 saturated carbocycles. The molecule has 0 atom stereocenters. The van der Waals surface area contributed by atoms with Crippen LogP contribution in [0, 0.1) is 6.92 Å². The second-order valence-electron chi connectivity index (χ2n) is 3.38. The fourth-order valence-corrected chi connectivity index (χ4v) is 1.30. The van der Waals surface area contributed by atoms with E-state index in [0.717, 1.165) is 5.56 Å². The first-order valence-electron chi connectivity index (χ1n) is 4.96. The van der Waals surface area contributed by atoms with E-state index in [1.165, 1.54) is 0 Å². The number of rotatable bonds is 2. The molecule has 0 fully saturated rings. The van der Waals surface area contributed by atoms with Gasteiger partial charge in [-0.2, -0.15) is 0 Å². The van der Waals surface area contributed by atoms with E-state index in [-0.39, 0.29) is 5.97 Å². The van der Waals surface area contributed by atoms with Gasteiger partial charge in [0.25, 0.3) is 0 Å². The molecule has 0 bridgehead atoms. The molecule has 0 aliphatic heterocycles. The zero-order valence-corrected chi connectivity index (χ0v) is 8.88. The summed E-state index contributed by atoms with van der Waals surface area (Å²) in [6.45, 7) is 1.85. The van der Waals surface area contributed by atoms with E-state index in [9.17, 15) is 4.79 Å². The molecule has 2 rings (SSSR count). The Labute approximate surface area is 93.7 Å². The number of nitrogens with zero attached hydrogens (tertiary/aromatic N) is 1. The van der Waals surface area contributed by atoms with Gasteiger partial charge in [-0.25, -0.2) is 9.78 Å². The number of aryl methyl sites for hydroxylation is 1. The maximum absolute atomic E-state index is 11.7. The molecule has 3 nitrogen and oxygen atoms in total. The molecule has 0 saturated heterocycles. The van der Waals surface area contributed by atoms with Crippen LogP contribution < -0.4 is 4.74 Å². The lowest BCUT2D eigenvalue weighted by Crippen LogP contribution is -2.09. The van der Waals surface area contributed by atoms with Gasteiger partial charge >= 0.3 is 5.97 Å². The third-order valence-electron chi connectivity index (χ3n) is 2.16. The smallest absolute Gasteiger partial charge is 0.344 e. The highest BCUT2D eigenvalue weighted by Crippen LogP contribution is 2.14. The first kappa shape index (κ1) is 10.4. The van der Waals surface area contributed by atoms with Gasteiger partial charge < -0.3 is 4.74 Å². The van der Waals surface area contributed by atoms with E-state index in [0.29, 0.717) is 11.4 Å². The number of aromatic nitrogens is 1. The van der Waals surface area contributed by atoms with Gasteiger partial charge in [0.15, 0.2) is 0 Å². The Morgan fingerprint density at radius 1 is 1.12 bits per heavy atom. The van der Waals surface area contributed by atoms with E-state index in [1.54, 1.807) is 36.5 Å². The zero-order valence-electron chi connectivity index (χ0n) is 8.88. The predicted molar refractivity (Wildman–Crippen MR) is 60.4 cm³/mol. The quantitative estimate of drug-likeness (QED) is 0.720. The summed E-state index contributed by atoms with van der Waals surface area (Å²) in [5, 5.41) is 0. The van der Waals surface area contributed by atoms with E-state index < -0.39 is 0 Å². The molecule has 0 unspecified atom stereocenters. The van der Waals surface area contributed by atoms with Gasteiger partial charge in [-0.05, 0) is 25.1 Å². The molecule has 0 aliphatic carbocycles. The van der Waals surface area contributed by atoms with Crippen molar-refractivity contribution in [2.45, 2.75) is 6.92 Å². The first-order chi connectivity index (χ1) is 7.77. The summed E-state index contributed by atoms with van der Waals surface area (Å²) in [5.41, 5.74) is 1.36. The number of hydrogen-bond donors (Lipinski definition) is 0. The molecule has 0 amide bonds. The van der Waals surface area contributed by atoms with Crippen molar-refractivity contribution in [3.8, 4) is 5.88 Å². The molecule has 0 N–H and O–H groups in total. The van der Waals surface area contributed by atoms with Crippen molar-refractivity contribution in [2.75, 3.05) is 0 Å². The summed E-state index contributed by atoms with van der Waals surface area (Å²) in [6.07, 6.45) is 1.60. The van der Waals surface area contributed by atoms with Crippen molar-refractivity contribution < 1.29 is 9.53 Å². The molecule has 1 aromatic heterocycles. The topological polar surface area (TPSA) is 39.2 Å². The van der Waals surface area contributed by atoms with E-state index in [2.05, 4.69) is 4.98 Å². The van der Waals surface area contributed by atoms with Crippen LogP contribution in [0.15, 0.2) is 48.7 Å². The van der Waals surface area contributed by atoms with Gasteiger partial charge in [0.1, 0.15) is 0 Å². The van der Waals surface area contributed by atoms with Crippen LogP contribution in [0.1, 0.15) is 15.9 Å². The average molecular weight is 213 g/mol. The summed E-state index contributed by atoms with van der Waals surface area (Å²) in [5.74, 6) is -0.0289. The van der Waals surface area contributed by atoms with Gasteiger partial charge in [0.05, 0.1) is 5.56 Å². The summed E-state index contributed by atoms with van der Waals surface area (Å²) in [6, 6.07) is 12.5. The van der Waals surface area contributed by atoms with Gasteiger partial charge in [0.2, 0.25) is 5.88 Å². The van der Waals surface area contributed by atoms with Crippen molar-refractivity contribution in [2.24, 2.45) is 0 Å². The Balaban J connectivity index is 2.18. The lowest BCUT2D eigenvalue weighted by atomic mass is 10.2. The average Bonchev–Trinajstić information content (AvgIpc) is 2.33. The summed E-state index contributed by atoms with van der Waals surface area (Å²) >= 11 is 0. The largest absolute Gasteiger partial charge is 0.404 e. The highest BCUT2D eigenvalue weighted by molar-refractivity contribution is 5.90. The standard InChI is InChI=1S/C13H11NO2/c1-10-6-5-9-14-12(10)16-13(15)11-7-3-2-4-8-11/h2-9H,1H3. The second kappa shape index (κ2) is 4.57. The predicted octanol–water partition coefficient (Wildman–Crippen LogP) is 2.61. The minimum absolute atomic E-state index is 0.358. The first-order valence-corrected chi connectivity index (χ1v) is 4.96. The summed E-state index contributed by atoms with van der Waals surface area (Å²) in [4.78, 5) is 15.7. The molecule has 2 aromatic rings. The van der Waals surface area contributed by atoms with E-state index in [4.69, 9.17) is 4.74 Å². The van der Waals surface area contributed by atoms with Crippen molar-refractivity contribution in [1.29, 1.82) is 0 Å². The number of benzene rings is 1. The number of carbonyl (C=O) groups is 1. The number of pyridine rings is 1. The number of esters is 1. The molecule has 1 heterocycles. The Hall–Kier alpha value is -2.16. The van der Waals surface area contributed by atoms with E-state index in [1.807, 2.05) is 19.1 Å². The highest BCUT2D eigenvalue weighted by atomic mass is 16.5. The SMILES string of the molecule is Cc1cccnc1OC(=O)c1ccccc1. The molecule has 3 heteroatoms. The van der Waals surface area contributed by atoms with Gasteiger partial charge in [-0.1, -0.05) is 24.3 Å². The Bertz CT molecular complexity index is 494. The van der Waals surface area contributed by atoms with Crippen molar-refractivity contribution >= 4 is 5.97 Å². The summed E-state index contributed by atoms with van der Waals surface area (Å²) in [7, 11) is 0. The van der Waals surface area contributed by atoms with Crippen LogP contribution in [-0.4, -0.2) is 11.0 Å². The van der Waals surface area contributed by atoms with Crippen molar-refractivity contribution in [3.63, 3.8) is 0 Å². The Morgan fingerprint density at radius 2 is 1.88 bits per heavy atom. The molecule has 0 radical (unpaired) electrons. The fraction of sp³-hybridized carbons (Fsp3) is 0.0769. The summed E-state index contributed by atoms with van der Waals surface area (Å²) < 4.78 is 5.18. The third-order valence-corrected chi connectivity index (χ3v) is 2.16. The maximum atomic E-state index is 11.7. The van der Waals surface area contributed by atoms with Gasteiger partial charge in [0, 0.05) is 11.8 Å².